The van der Waals surface area contributed by atoms with E-state index < -0.39 is 0 Å². The molecule has 3 aromatic rings. The van der Waals surface area contributed by atoms with Gasteiger partial charge in [0.15, 0.2) is 0 Å². The lowest BCUT2D eigenvalue weighted by atomic mass is 10.2. The van der Waals surface area contributed by atoms with Crippen LogP contribution in [0.2, 0.25) is 10.0 Å². The Labute approximate surface area is 169 Å². The van der Waals surface area contributed by atoms with E-state index in [0.29, 0.717) is 16.7 Å². The largest absolute Gasteiger partial charge is 0.496 e. The zero-order chi connectivity index (χ0) is 19.1. The molecule has 0 saturated carbocycles. The third-order valence-corrected chi connectivity index (χ3v) is 4.73. The Bertz CT molecular complexity index is 899. The van der Waals surface area contributed by atoms with Crippen molar-refractivity contribution in [2.24, 2.45) is 0 Å². The normalized spacial score (nSPS) is 10.6. The predicted molar refractivity (Wildman–Crippen MR) is 111 cm³/mol. The van der Waals surface area contributed by atoms with Gasteiger partial charge >= 0.3 is 0 Å². The minimum Gasteiger partial charge on any atom is -0.496 e. The first-order valence-electron chi connectivity index (χ1n) is 8.64. The first-order valence-corrected chi connectivity index (χ1v) is 9.39. The molecule has 0 aliphatic carbocycles. The lowest BCUT2D eigenvalue weighted by Crippen LogP contribution is -2.13. The second-order valence-electron chi connectivity index (χ2n) is 6.09. The van der Waals surface area contributed by atoms with Crippen LogP contribution in [0.1, 0.15) is 16.7 Å². The van der Waals surface area contributed by atoms with E-state index in [0.717, 1.165) is 41.3 Å². The highest BCUT2D eigenvalue weighted by Gasteiger charge is 2.04. The number of halogens is 2. The highest BCUT2D eigenvalue weighted by atomic mass is 35.5. The summed E-state index contributed by atoms with van der Waals surface area (Å²) in [6.07, 6.45) is 0. The summed E-state index contributed by atoms with van der Waals surface area (Å²) >= 11 is 12.1. The number of rotatable bonds is 8. The fraction of sp³-hybridized carbons (Fsp3) is 0.182. The zero-order valence-corrected chi connectivity index (χ0v) is 16.6. The van der Waals surface area contributed by atoms with E-state index in [2.05, 4.69) is 17.4 Å². The van der Waals surface area contributed by atoms with Gasteiger partial charge in [0.05, 0.1) is 7.11 Å². The van der Waals surface area contributed by atoms with Crippen LogP contribution >= 0.6 is 23.2 Å². The quantitative estimate of drug-likeness (QED) is 0.511. The second kappa shape index (κ2) is 9.65. The summed E-state index contributed by atoms with van der Waals surface area (Å²) in [7, 11) is 1.69. The van der Waals surface area contributed by atoms with E-state index in [1.165, 1.54) is 0 Å². The van der Waals surface area contributed by atoms with Crippen LogP contribution in [0.15, 0.2) is 66.7 Å². The molecule has 0 bridgehead atoms. The Morgan fingerprint density at radius 2 is 1.70 bits per heavy atom. The summed E-state index contributed by atoms with van der Waals surface area (Å²) in [4.78, 5) is 0. The average Bonchev–Trinajstić information content (AvgIpc) is 2.68. The Balaban J connectivity index is 1.55. The molecule has 1 N–H and O–H groups in total. The van der Waals surface area contributed by atoms with Crippen LogP contribution in [0.5, 0.6) is 11.5 Å². The number of methoxy groups -OCH3 is 1. The minimum absolute atomic E-state index is 0.397. The molecule has 3 nitrogen and oxygen atoms in total. The van der Waals surface area contributed by atoms with E-state index >= 15 is 0 Å². The van der Waals surface area contributed by atoms with Gasteiger partial charge in [-0.25, -0.2) is 0 Å². The van der Waals surface area contributed by atoms with Crippen molar-refractivity contribution in [2.45, 2.75) is 19.7 Å². The van der Waals surface area contributed by atoms with Crippen molar-refractivity contribution in [3.05, 3.63) is 93.5 Å². The van der Waals surface area contributed by atoms with E-state index in [1.54, 1.807) is 13.2 Å². The Morgan fingerprint density at radius 3 is 2.52 bits per heavy atom. The third kappa shape index (κ3) is 5.64. The van der Waals surface area contributed by atoms with Gasteiger partial charge in [0.1, 0.15) is 18.1 Å². The van der Waals surface area contributed by atoms with Crippen LogP contribution in [-0.2, 0) is 19.7 Å². The van der Waals surface area contributed by atoms with E-state index in [4.69, 9.17) is 32.7 Å². The minimum atomic E-state index is 0.397. The molecule has 5 heteroatoms. The fourth-order valence-corrected chi connectivity index (χ4v) is 3.20. The molecule has 3 rings (SSSR count). The first kappa shape index (κ1) is 19.6. The van der Waals surface area contributed by atoms with Gasteiger partial charge in [-0.2, -0.15) is 0 Å². The highest BCUT2D eigenvalue weighted by molar-refractivity contribution is 6.35. The lowest BCUT2D eigenvalue weighted by molar-refractivity contribution is 0.306. The van der Waals surface area contributed by atoms with Crippen LogP contribution in [0, 0.1) is 0 Å². The topological polar surface area (TPSA) is 30.5 Å². The molecular weight excluding hydrogens is 381 g/mol. The maximum atomic E-state index is 6.19. The van der Waals surface area contributed by atoms with Crippen LogP contribution in [0.25, 0.3) is 0 Å². The first-order chi connectivity index (χ1) is 13.2. The summed E-state index contributed by atoms with van der Waals surface area (Å²) < 4.78 is 11.3. The molecule has 0 saturated heterocycles. The van der Waals surface area contributed by atoms with Crippen LogP contribution < -0.4 is 14.8 Å². The number of hydrogen-bond acceptors (Lipinski definition) is 3. The molecule has 0 aliphatic rings. The Hall–Kier alpha value is -2.20. The maximum Gasteiger partial charge on any atom is 0.123 e. The van der Waals surface area contributed by atoms with E-state index in [1.807, 2.05) is 48.5 Å². The van der Waals surface area contributed by atoms with E-state index in [9.17, 15) is 0 Å². The van der Waals surface area contributed by atoms with Gasteiger partial charge < -0.3 is 14.8 Å². The molecule has 0 atom stereocenters. The average molecular weight is 402 g/mol. The number of hydrogen-bond donors (Lipinski definition) is 1. The fourth-order valence-electron chi connectivity index (χ4n) is 2.74. The highest BCUT2D eigenvalue weighted by Crippen LogP contribution is 2.23. The predicted octanol–water partition coefficient (Wildman–Crippen LogP) is 5.87. The summed E-state index contributed by atoms with van der Waals surface area (Å²) in [5.74, 6) is 1.69. The number of benzene rings is 3. The molecular formula is C22H21Cl2NO2. The van der Waals surface area contributed by atoms with Crippen molar-refractivity contribution in [3.8, 4) is 11.5 Å². The molecule has 0 unspecified atom stereocenters. The molecule has 3 aromatic carbocycles. The van der Waals surface area contributed by atoms with Gasteiger partial charge in [0.2, 0.25) is 0 Å². The van der Waals surface area contributed by atoms with Crippen molar-refractivity contribution >= 4 is 23.2 Å². The lowest BCUT2D eigenvalue weighted by Gasteiger charge is -2.11. The summed E-state index contributed by atoms with van der Waals surface area (Å²) in [5, 5.41) is 4.66. The van der Waals surface area contributed by atoms with Crippen molar-refractivity contribution < 1.29 is 9.47 Å². The molecule has 0 fully saturated rings. The Morgan fingerprint density at radius 1 is 0.852 bits per heavy atom. The van der Waals surface area contributed by atoms with Crippen molar-refractivity contribution in [3.63, 3.8) is 0 Å². The monoisotopic (exact) mass is 401 g/mol. The molecule has 0 aliphatic heterocycles. The maximum absolute atomic E-state index is 6.19. The Kier molecular flexibility index (Phi) is 6.99. The standard InChI is InChI=1S/C22H21Cl2NO2/c1-26-22-8-3-2-6-17(22)14-25-13-16-5-4-7-20(11-16)27-15-18-9-10-19(23)12-21(18)24/h2-12,25H,13-15H2,1H3. The summed E-state index contributed by atoms with van der Waals surface area (Å²) in [6, 6.07) is 21.4. The van der Waals surface area contributed by atoms with E-state index in [-0.39, 0.29) is 0 Å². The SMILES string of the molecule is COc1ccccc1CNCc1cccc(OCc2ccc(Cl)cc2Cl)c1. The molecule has 0 heterocycles. The smallest absolute Gasteiger partial charge is 0.123 e. The number of para-hydroxylation sites is 1. The molecule has 0 amide bonds. The van der Waals surface area contributed by atoms with Crippen molar-refractivity contribution in [1.29, 1.82) is 0 Å². The van der Waals surface area contributed by atoms with Crippen LogP contribution in [0.3, 0.4) is 0 Å². The zero-order valence-electron chi connectivity index (χ0n) is 15.0. The van der Waals surface area contributed by atoms with Gasteiger partial charge in [-0.15, -0.1) is 0 Å². The van der Waals surface area contributed by atoms with Gasteiger partial charge in [-0.05, 0) is 35.9 Å². The number of nitrogens with one attached hydrogen (secondary N) is 1. The van der Waals surface area contributed by atoms with Gasteiger partial charge in [-0.3, -0.25) is 0 Å². The molecule has 140 valence electrons. The molecule has 0 aromatic heterocycles. The summed E-state index contributed by atoms with van der Waals surface area (Å²) in [5.41, 5.74) is 3.18. The van der Waals surface area contributed by atoms with Gasteiger partial charge in [-0.1, -0.05) is 59.6 Å². The van der Waals surface area contributed by atoms with Crippen LogP contribution in [-0.4, -0.2) is 7.11 Å². The molecule has 0 radical (unpaired) electrons. The number of ether oxygens (including phenoxy) is 2. The molecule has 27 heavy (non-hydrogen) atoms. The van der Waals surface area contributed by atoms with Gasteiger partial charge in [0, 0.05) is 34.3 Å². The molecule has 0 spiro atoms. The third-order valence-electron chi connectivity index (χ3n) is 4.14. The van der Waals surface area contributed by atoms with Crippen LogP contribution in [0.4, 0.5) is 0 Å². The van der Waals surface area contributed by atoms with Crippen molar-refractivity contribution in [2.75, 3.05) is 7.11 Å². The van der Waals surface area contributed by atoms with Crippen molar-refractivity contribution in [1.82, 2.24) is 5.32 Å². The van der Waals surface area contributed by atoms with Gasteiger partial charge in [0.25, 0.3) is 0 Å². The summed E-state index contributed by atoms with van der Waals surface area (Å²) in [6.45, 7) is 1.86. The second-order valence-corrected chi connectivity index (χ2v) is 6.93.